The summed E-state index contributed by atoms with van der Waals surface area (Å²) in [6, 6.07) is 0. The fourth-order valence-corrected chi connectivity index (χ4v) is 0.615. The van der Waals surface area contributed by atoms with Crippen molar-refractivity contribution in [3.05, 3.63) is 5.57 Å². The van der Waals surface area contributed by atoms with Gasteiger partial charge in [0.15, 0.2) is 5.57 Å². The van der Waals surface area contributed by atoms with Crippen molar-refractivity contribution >= 4 is 17.7 Å². The third-order valence-corrected chi connectivity index (χ3v) is 1.06. The van der Waals surface area contributed by atoms with Crippen molar-refractivity contribution in [3.8, 4) is 0 Å². The minimum atomic E-state index is -0.441. The topological polar surface area (TPSA) is 71.2 Å². The molecular formula is C6H6N2O3. The number of rotatable bonds is 1. The van der Waals surface area contributed by atoms with Crippen LogP contribution in [0.1, 0.15) is 6.92 Å². The molecule has 0 spiro atoms. The van der Waals surface area contributed by atoms with Crippen molar-refractivity contribution in [3.63, 3.8) is 0 Å². The number of nitrogens with zero attached hydrogens (tertiary/aromatic N) is 2. The largest absolute Gasteiger partial charge is 0.491 e. The lowest BCUT2D eigenvalue weighted by Crippen LogP contribution is -2.11. The minimum Gasteiger partial charge on any atom is -0.491 e. The first-order valence-electron chi connectivity index (χ1n) is 3.02. The van der Waals surface area contributed by atoms with Crippen LogP contribution in [0.15, 0.2) is 15.8 Å². The van der Waals surface area contributed by atoms with Crippen molar-refractivity contribution in [2.75, 3.05) is 6.61 Å². The van der Waals surface area contributed by atoms with Crippen LogP contribution >= 0.6 is 0 Å². The van der Waals surface area contributed by atoms with Gasteiger partial charge in [0.05, 0.1) is 6.61 Å². The number of hydrogen-bond donors (Lipinski definition) is 1. The average Bonchev–Trinajstić information content (AvgIpc) is 2.33. The van der Waals surface area contributed by atoms with E-state index in [9.17, 15) is 4.79 Å². The SMILES string of the molecule is CCOC1=NN=C(O)C1=C=O. The zero-order chi connectivity index (χ0) is 8.27. The van der Waals surface area contributed by atoms with E-state index in [2.05, 4.69) is 10.2 Å². The predicted octanol–water partition coefficient (Wildman–Crippen LogP) is 0.0645. The lowest BCUT2D eigenvalue weighted by molar-refractivity contribution is 0.328. The maximum Gasteiger partial charge on any atom is 0.257 e. The van der Waals surface area contributed by atoms with E-state index in [1.54, 1.807) is 6.92 Å². The number of carbonyl (C=O) groups excluding carboxylic acids is 1. The van der Waals surface area contributed by atoms with Gasteiger partial charge in [0, 0.05) is 0 Å². The van der Waals surface area contributed by atoms with E-state index >= 15 is 0 Å². The molecule has 0 saturated heterocycles. The third-order valence-electron chi connectivity index (χ3n) is 1.06. The molecule has 5 nitrogen and oxygen atoms in total. The van der Waals surface area contributed by atoms with Crippen LogP contribution in [0, 0.1) is 0 Å². The molecule has 1 aliphatic rings. The zero-order valence-electron chi connectivity index (χ0n) is 5.87. The van der Waals surface area contributed by atoms with Gasteiger partial charge in [-0.15, -0.1) is 10.2 Å². The monoisotopic (exact) mass is 154 g/mol. The Balaban J connectivity index is 2.83. The first-order chi connectivity index (χ1) is 5.29. The summed E-state index contributed by atoms with van der Waals surface area (Å²) in [7, 11) is 0. The average molecular weight is 154 g/mol. The predicted molar refractivity (Wildman–Crippen MR) is 38.3 cm³/mol. The van der Waals surface area contributed by atoms with E-state index in [0.717, 1.165) is 0 Å². The molecule has 58 valence electrons. The van der Waals surface area contributed by atoms with Crippen LogP contribution < -0.4 is 0 Å². The highest BCUT2D eigenvalue weighted by molar-refractivity contribution is 6.25. The molecule has 5 heteroatoms. The molecule has 0 aromatic rings. The van der Waals surface area contributed by atoms with Gasteiger partial charge in [-0.05, 0) is 6.92 Å². The maximum atomic E-state index is 10.1. The van der Waals surface area contributed by atoms with E-state index in [1.807, 2.05) is 0 Å². The molecule has 11 heavy (non-hydrogen) atoms. The highest BCUT2D eigenvalue weighted by atomic mass is 16.5. The van der Waals surface area contributed by atoms with Crippen molar-refractivity contribution in [2.45, 2.75) is 6.92 Å². The summed E-state index contributed by atoms with van der Waals surface area (Å²) >= 11 is 0. The second-order valence-corrected chi connectivity index (χ2v) is 1.74. The van der Waals surface area contributed by atoms with Crippen LogP contribution in [0.4, 0.5) is 0 Å². The van der Waals surface area contributed by atoms with Crippen molar-refractivity contribution < 1.29 is 14.6 Å². The van der Waals surface area contributed by atoms with Gasteiger partial charge in [-0.25, -0.2) is 4.79 Å². The minimum absolute atomic E-state index is 0.0278. The molecule has 0 atom stereocenters. The molecule has 1 heterocycles. The molecular weight excluding hydrogens is 148 g/mol. The Hall–Kier alpha value is -1.61. The highest BCUT2D eigenvalue weighted by Crippen LogP contribution is 2.06. The Morgan fingerprint density at radius 3 is 2.91 bits per heavy atom. The van der Waals surface area contributed by atoms with Gasteiger partial charge < -0.3 is 9.84 Å². The van der Waals surface area contributed by atoms with Crippen molar-refractivity contribution in [2.24, 2.45) is 10.2 Å². The summed E-state index contributed by atoms with van der Waals surface area (Å²) in [5, 5.41) is 15.5. The van der Waals surface area contributed by atoms with E-state index in [1.165, 1.54) is 5.94 Å². The van der Waals surface area contributed by atoms with Crippen molar-refractivity contribution in [1.29, 1.82) is 0 Å². The van der Waals surface area contributed by atoms with E-state index in [0.29, 0.717) is 6.61 Å². The van der Waals surface area contributed by atoms with Crippen LogP contribution in [0.25, 0.3) is 0 Å². The second kappa shape index (κ2) is 2.98. The summed E-state index contributed by atoms with van der Waals surface area (Å²) in [5.74, 6) is 1.07. The van der Waals surface area contributed by atoms with Gasteiger partial charge in [-0.2, -0.15) is 0 Å². The molecule has 0 amide bonds. The normalized spacial score (nSPS) is 15.5. The molecule has 0 aliphatic carbocycles. The molecule has 0 fully saturated rings. The van der Waals surface area contributed by atoms with Crippen LogP contribution in [-0.2, 0) is 9.53 Å². The molecule has 0 bridgehead atoms. The fourth-order valence-electron chi connectivity index (χ4n) is 0.615. The summed E-state index contributed by atoms with van der Waals surface area (Å²) < 4.78 is 4.85. The smallest absolute Gasteiger partial charge is 0.257 e. The Morgan fingerprint density at radius 2 is 2.36 bits per heavy atom. The lowest BCUT2D eigenvalue weighted by Gasteiger charge is -1.98. The van der Waals surface area contributed by atoms with E-state index in [4.69, 9.17) is 9.84 Å². The van der Waals surface area contributed by atoms with Gasteiger partial charge >= 0.3 is 0 Å². The molecule has 0 saturated carbocycles. The Bertz CT molecular complexity index is 274. The number of hydrogen-bond acceptors (Lipinski definition) is 4. The summed E-state index contributed by atoms with van der Waals surface area (Å²) in [5.41, 5.74) is -0.119. The van der Waals surface area contributed by atoms with E-state index in [-0.39, 0.29) is 11.5 Å². The molecule has 1 rings (SSSR count). The van der Waals surface area contributed by atoms with Crippen LogP contribution in [0.5, 0.6) is 0 Å². The van der Waals surface area contributed by atoms with Gasteiger partial charge in [0.1, 0.15) is 5.94 Å². The molecule has 0 aromatic carbocycles. The summed E-state index contributed by atoms with van der Waals surface area (Å²) in [6.07, 6.45) is 0. The third kappa shape index (κ3) is 1.28. The Morgan fingerprint density at radius 1 is 1.64 bits per heavy atom. The number of aliphatic hydroxyl groups is 1. The van der Waals surface area contributed by atoms with Crippen molar-refractivity contribution in [1.82, 2.24) is 0 Å². The second-order valence-electron chi connectivity index (χ2n) is 1.74. The van der Waals surface area contributed by atoms with Crippen LogP contribution in [-0.4, -0.2) is 29.5 Å². The van der Waals surface area contributed by atoms with Crippen LogP contribution in [0.3, 0.4) is 0 Å². The summed E-state index contributed by atoms with van der Waals surface area (Å²) in [4.78, 5) is 10.1. The van der Waals surface area contributed by atoms with Gasteiger partial charge in [-0.1, -0.05) is 0 Å². The molecule has 0 aromatic heterocycles. The number of aliphatic hydroxyl groups excluding tert-OH is 1. The highest BCUT2D eigenvalue weighted by Gasteiger charge is 2.21. The molecule has 1 aliphatic heterocycles. The zero-order valence-corrected chi connectivity index (χ0v) is 5.87. The fraction of sp³-hybridized carbons (Fsp3) is 0.333. The van der Waals surface area contributed by atoms with Gasteiger partial charge in [0.25, 0.3) is 11.8 Å². The Labute approximate surface area is 62.7 Å². The first kappa shape index (κ1) is 7.50. The maximum absolute atomic E-state index is 10.1. The quantitative estimate of drug-likeness (QED) is 0.543. The molecule has 0 radical (unpaired) electrons. The van der Waals surface area contributed by atoms with Crippen LogP contribution in [0.2, 0.25) is 0 Å². The van der Waals surface area contributed by atoms with E-state index < -0.39 is 5.90 Å². The Kier molecular flexibility index (Phi) is 2.03. The molecule has 0 unspecified atom stereocenters. The number of ether oxygens (including phenoxy) is 1. The first-order valence-corrected chi connectivity index (χ1v) is 3.02. The summed E-state index contributed by atoms with van der Waals surface area (Å²) in [6.45, 7) is 2.10. The lowest BCUT2D eigenvalue weighted by atomic mass is 10.3. The van der Waals surface area contributed by atoms with Gasteiger partial charge in [0.2, 0.25) is 0 Å². The molecule has 1 N–H and O–H groups in total. The van der Waals surface area contributed by atoms with Gasteiger partial charge in [-0.3, -0.25) is 0 Å². The standard InChI is InChI=1S/C6H6N2O3/c1-2-11-6-4(3-9)5(10)7-8-6/h2H2,1H3,(H,7,10).